The Balaban J connectivity index is 1.99. The van der Waals surface area contributed by atoms with E-state index in [1.165, 1.54) is 24.0 Å². The first-order valence-electron chi connectivity index (χ1n) is 7.09. The molecule has 2 aromatic rings. The fourth-order valence-electron chi connectivity index (χ4n) is 3.28. The van der Waals surface area contributed by atoms with Crippen LogP contribution in [0.4, 0.5) is 0 Å². The summed E-state index contributed by atoms with van der Waals surface area (Å²) in [6.45, 7) is 0. The van der Waals surface area contributed by atoms with E-state index in [9.17, 15) is 0 Å². The van der Waals surface area contributed by atoms with Crippen molar-refractivity contribution < 1.29 is 0 Å². The minimum atomic E-state index is 0.107. The average molecular weight is 287 g/mol. The lowest BCUT2D eigenvalue weighted by Gasteiger charge is -2.32. The zero-order chi connectivity index (χ0) is 13.9. The van der Waals surface area contributed by atoms with Gasteiger partial charge in [0.2, 0.25) is 0 Å². The minimum Gasteiger partial charge on any atom is -0.271 e. The van der Waals surface area contributed by atoms with Crippen LogP contribution in [-0.4, -0.2) is 0 Å². The highest BCUT2D eigenvalue weighted by molar-refractivity contribution is 6.30. The average Bonchev–Trinajstić information content (AvgIpc) is 2.48. The molecule has 104 valence electrons. The van der Waals surface area contributed by atoms with Gasteiger partial charge in [-0.3, -0.25) is 11.3 Å². The molecule has 0 saturated carbocycles. The second kappa shape index (κ2) is 5.96. The molecule has 0 heterocycles. The number of hydrogen-bond donors (Lipinski definition) is 2. The molecule has 0 aromatic heterocycles. The number of hydrogen-bond acceptors (Lipinski definition) is 2. The van der Waals surface area contributed by atoms with Crippen molar-refractivity contribution >= 4 is 11.6 Å². The number of nitrogens with two attached hydrogens (primary N) is 1. The Kier molecular flexibility index (Phi) is 4.06. The standard InChI is InChI=1S/C17H19ClN2/c18-14-8-3-7-13(11-14)17(20-19)16-10-4-6-12-5-1-2-9-15(12)16/h1-3,5,7-9,11,16-17,20H,4,6,10,19H2. The Bertz CT molecular complexity index is 597. The summed E-state index contributed by atoms with van der Waals surface area (Å²) < 4.78 is 0. The first-order chi connectivity index (χ1) is 9.79. The zero-order valence-corrected chi connectivity index (χ0v) is 12.1. The summed E-state index contributed by atoms with van der Waals surface area (Å²) in [5.74, 6) is 6.26. The van der Waals surface area contributed by atoms with Gasteiger partial charge in [0.05, 0.1) is 6.04 Å². The van der Waals surface area contributed by atoms with E-state index in [2.05, 4.69) is 35.8 Å². The normalized spacial score (nSPS) is 19.4. The van der Waals surface area contributed by atoms with Crippen LogP contribution in [0.15, 0.2) is 48.5 Å². The van der Waals surface area contributed by atoms with Crippen molar-refractivity contribution in [3.05, 3.63) is 70.2 Å². The molecular formula is C17H19ClN2. The lowest BCUT2D eigenvalue weighted by atomic mass is 9.77. The fourth-order valence-corrected chi connectivity index (χ4v) is 3.48. The second-order valence-electron chi connectivity index (χ2n) is 5.40. The topological polar surface area (TPSA) is 38.0 Å². The maximum absolute atomic E-state index is 6.12. The van der Waals surface area contributed by atoms with Crippen molar-refractivity contribution in [1.29, 1.82) is 0 Å². The van der Waals surface area contributed by atoms with Gasteiger partial charge in [0, 0.05) is 10.9 Å². The Morgan fingerprint density at radius 2 is 2.00 bits per heavy atom. The van der Waals surface area contributed by atoms with E-state index < -0.39 is 0 Å². The molecule has 0 bridgehead atoms. The highest BCUT2D eigenvalue weighted by Crippen LogP contribution is 2.40. The lowest BCUT2D eigenvalue weighted by molar-refractivity contribution is 0.408. The molecule has 0 saturated heterocycles. The third-order valence-corrected chi connectivity index (χ3v) is 4.44. The number of halogens is 1. The molecule has 2 unspecified atom stereocenters. The molecule has 0 fully saturated rings. The van der Waals surface area contributed by atoms with Gasteiger partial charge in [-0.15, -0.1) is 0 Å². The van der Waals surface area contributed by atoms with E-state index in [0.717, 1.165) is 17.0 Å². The van der Waals surface area contributed by atoms with Crippen LogP contribution in [0, 0.1) is 0 Å². The molecular weight excluding hydrogens is 268 g/mol. The highest BCUT2D eigenvalue weighted by Gasteiger charge is 2.28. The van der Waals surface area contributed by atoms with Crippen LogP contribution in [0.25, 0.3) is 0 Å². The van der Waals surface area contributed by atoms with Gasteiger partial charge in [-0.05, 0) is 48.1 Å². The summed E-state index contributed by atoms with van der Waals surface area (Å²) >= 11 is 6.12. The second-order valence-corrected chi connectivity index (χ2v) is 5.83. The molecule has 0 amide bonds. The number of nitrogens with one attached hydrogen (secondary N) is 1. The van der Waals surface area contributed by atoms with Crippen molar-refractivity contribution in [2.45, 2.75) is 31.2 Å². The van der Waals surface area contributed by atoms with Crippen molar-refractivity contribution in [3.63, 3.8) is 0 Å². The number of rotatable bonds is 3. The Hall–Kier alpha value is -1.35. The molecule has 2 nitrogen and oxygen atoms in total. The van der Waals surface area contributed by atoms with Gasteiger partial charge in [-0.2, -0.15) is 0 Å². The third-order valence-electron chi connectivity index (χ3n) is 4.21. The van der Waals surface area contributed by atoms with Gasteiger partial charge >= 0.3 is 0 Å². The van der Waals surface area contributed by atoms with Crippen LogP contribution < -0.4 is 11.3 Å². The van der Waals surface area contributed by atoms with Gasteiger partial charge in [0.25, 0.3) is 0 Å². The van der Waals surface area contributed by atoms with E-state index >= 15 is 0 Å². The summed E-state index contributed by atoms with van der Waals surface area (Å²) in [7, 11) is 0. The number of hydrazine groups is 1. The highest BCUT2D eigenvalue weighted by atomic mass is 35.5. The molecule has 1 aliphatic rings. The zero-order valence-electron chi connectivity index (χ0n) is 11.4. The van der Waals surface area contributed by atoms with Crippen LogP contribution in [0.5, 0.6) is 0 Å². The SMILES string of the molecule is NNC(c1cccc(Cl)c1)C1CCCc2ccccc21. The summed E-state index contributed by atoms with van der Waals surface area (Å²) in [4.78, 5) is 0. The van der Waals surface area contributed by atoms with Gasteiger partial charge in [0.1, 0.15) is 0 Å². The molecule has 2 aromatic carbocycles. The Morgan fingerprint density at radius 1 is 1.15 bits per heavy atom. The van der Waals surface area contributed by atoms with E-state index in [1.54, 1.807) is 0 Å². The van der Waals surface area contributed by atoms with Crippen LogP contribution >= 0.6 is 11.6 Å². The molecule has 3 rings (SSSR count). The Labute approximate surface area is 124 Å². The number of benzene rings is 2. The number of aryl methyl sites for hydroxylation is 1. The molecule has 1 aliphatic carbocycles. The quantitative estimate of drug-likeness (QED) is 0.662. The maximum atomic E-state index is 6.12. The molecule has 0 radical (unpaired) electrons. The van der Waals surface area contributed by atoms with Gasteiger partial charge < -0.3 is 0 Å². The predicted molar refractivity (Wildman–Crippen MR) is 83.6 cm³/mol. The molecule has 0 aliphatic heterocycles. The maximum Gasteiger partial charge on any atom is 0.0529 e. The molecule has 20 heavy (non-hydrogen) atoms. The van der Waals surface area contributed by atoms with Gasteiger partial charge in [0.15, 0.2) is 0 Å². The first kappa shape index (κ1) is 13.6. The monoisotopic (exact) mass is 286 g/mol. The molecule has 2 atom stereocenters. The van der Waals surface area contributed by atoms with Crippen molar-refractivity contribution in [2.75, 3.05) is 0 Å². The van der Waals surface area contributed by atoms with Crippen molar-refractivity contribution in [3.8, 4) is 0 Å². The largest absolute Gasteiger partial charge is 0.271 e. The van der Waals surface area contributed by atoms with E-state index in [1.807, 2.05) is 18.2 Å². The Morgan fingerprint density at radius 3 is 2.80 bits per heavy atom. The van der Waals surface area contributed by atoms with E-state index in [4.69, 9.17) is 17.4 Å². The van der Waals surface area contributed by atoms with Crippen LogP contribution in [0.1, 0.15) is 41.5 Å². The predicted octanol–water partition coefficient (Wildman–Crippen LogP) is 3.96. The molecule has 0 spiro atoms. The van der Waals surface area contributed by atoms with E-state index in [-0.39, 0.29) is 6.04 Å². The lowest BCUT2D eigenvalue weighted by Crippen LogP contribution is -2.34. The fraction of sp³-hybridized carbons (Fsp3) is 0.294. The smallest absolute Gasteiger partial charge is 0.0529 e. The third kappa shape index (κ3) is 2.59. The van der Waals surface area contributed by atoms with Gasteiger partial charge in [-0.25, -0.2) is 0 Å². The summed E-state index contributed by atoms with van der Waals surface area (Å²) in [6.07, 6.45) is 3.53. The van der Waals surface area contributed by atoms with Gasteiger partial charge in [-0.1, -0.05) is 48.0 Å². The molecule has 3 N–H and O–H groups in total. The van der Waals surface area contributed by atoms with Crippen LogP contribution in [0.3, 0.4) is 0 Å². The summed E-state index contributed by atoms with van der Waals surface area (Å²) in [5.41, 5.74) is 7.02. The summed E-state index contributed by atoms with van der Waals surface area (Å²) in [5, 5.41) is 0.756. The minimum absolute atomic E-state index is 0.107. The first-order valence-corrected chi connectivity index (χ1v) is 7.47. The van der Waals surface area contributed by atoms with Crippen molar-refractivity contribution in [2.24, 2.45) is 5.84 Å². The molecule has 3 heteroatoms. The van der Waals surface area contributed by atoms with E-state index in [0.29, 0.717) is 5.92 Å². The van der Waals surface area contributed by atoms with Crippen LogP contribution in [-0.2, 0) is 6.42 Å². The van der Waals surface area contributed by atoms with Crippen molar-refractivity contribution in [1.82, 2.24) is 5.43 Å². The number of fused-ring (bicyclic) bond motifs is 1. The van der Waals surface area contributed by atoms with Crippen LogP contribution in [0.2, 0.25) is 5.02 Å². The summed E-state index contributed by atoms with van der Waals surface area (Å²) in [6, 6.07) is 16.8.